The van der Waals surface area contributed by atoms with Crippen LogP contribution in [0.25, 0.3) is 0 Å². The van der Waals surface area contributed by atoms with E-state index in [-0.39, 0.29) is 24.3 Å². The fourth-order valence-electron chi connectivity index (χ4n) is 6.70. The molecule has 8 heteroatoms. The Morgan fingerprint density at radius 2 is 1.73 bits per heavy atom. The molecule has 198 valence electrons. The van der Waals surface area contributed by atoms with Crippen LogP contribution in [-0.4, -0.2) is 80.4 Å². The second kappa shape index (κ2) is 9.95. The average Bonchev–Trinajstić information content (AvgIpc) is 3.17. The Bertz CT molecular complexity index is 1120. The van der Waals surface area contributed by atoms with Crippen LogP contribution in [0.4, 0.5) is 5.69 Å². The van der Waals surface area contributed by atoms with Gasteiger partial charge in [-0.3, -0.25) is 14.4 Å². The number of likely N-dealkylation sites (tertiary alicyclic amines) is 1. The molecule has 0 radical (unpaired) electrons. The van der Waals surface area contributed by atoms with Gasteiger partial charge in [0.25, 0.3) is 0 Å². The SMILES string of the molecule is CCCCN1CC=C[C@]23S[C@]4(C)C=CCN(c5ccccc5)C(=O)[C@@H]4[C@H]2C(=O)N([C@@H](CC)CO)C3C1=O. The van der Waals surface area contributed by atoms with Crippen molar-refractivity contribution in [3.8, 4) is 0 Å². The smallest absolute Gasteiger partial charge is 0.247 e. The number of fused-ring (bicyclic) bond motifs is 2. The Balaban J connectivity index is 1.64. The van der Waals surface area contributed by atoms with Gasteiger partial charge in [0.1, 0.15) is 6.04 Å². The van der Waals surface area contributed by atoms with Gasteiger partial charge < -0.3 is 19.8 Å². The lowest BCUT2D eigenvalue weighted by atomic mass is 9.74. The summed E-state index contributed by atoms with van der Waals surface area (Å²) < 4.78 is -1.52. The second-order valence-electron chi connectivity index (χ2n) is 10.7. The fourth-order valence-corrected chi connectivity index (χ4v) is 8.85. The van der Waals surface area contributed by atoms with E-state index in [4.69, 9.17) is 0 Å². The Kier molecular flexibility index (Phi) is 7.00. The number of thioether (sulfide) groups is 1. The lowest BCUT2D eigenvalue weighted by molar-refractivity contribution is -0.145. The molecular weight excluding hydrogens is 486 g/mol. The number of nitrogens with zero attached hydrogens (tertiary/aromatic N) is 3. The molecule has 7 nitrogen and oxygen atoms in total. The van der Waals surface area contributed by atoms with E-state index in [9.17, 15) is 19.5 Å². The van der Waals surface area contributed by atoms with Gasteiger partial charge in [-0.25, -0.2) is 0 Å². The number of aliphatic hydroxyl groups is 1. The lowest BCUT2D eigenvalue weighted by Gasteiger charge is -2.39. The van der Waals surface area contributed by atoms with Crippen molar-refractivity contribution >= 4 is 35.2 Å². The van der Waals surface area contributed by atoms with E-state index in [1.165, 1.54) is 0 Å². The summed E-state index contributed by atoms with van der Waals surface area (Å²) in [7, 11) is 0. The molecule has 0 saturated carbocycles. The standard InChI is InChI=1S/C29H37N3O4S/c1-4-6-16-30-17-11-15-29-23(26(35)32(20(5-2)19-33)24(29)27(30)36)22-25(34)31(21-12-8-7-9-13-21)18-10-14-28(22,3)37-29/h7-15,20,22-24,33H,4-6,16-19H2,1-3H3/t20-,22-,23-,24?,28+,29-/m0/s1. The first-order valence-corrected chi connectivity index (χ1v) is 14.3. The minimum atomic E-state index is -0.878. The van der Waals surface area contributed by atoms with Crippen LogP contribution in [0.15, 0.2) is 54.6 Å². The van der Waals surface area contributed by atoms with Gasteiger partial charge in [0.05, 0.1) is 29.2 Å². The van der Waals surface area contributed by atoms with Crippen LogP contribution in [0.5, 0.6) is 0 Å². The summed E-state index contributed by atoms with van der Waals surface area (Å²) in [6.45, 7) is 7.39. The predicted molar refractivity (Wildman–Crippen MR) is 146 cm³/mol. The van der Waals surface area contributed by atoms with Crippen LogP contribution in [-0.2, 0) is 14.4 Å². The van der Waals surface area contributed by atoms with Gasteiger partial charge in [0.15, 0.2) is 0 Å². The number of anilines is 1. The van der Waals surface area contributed by atoms with Crippen molar-refractivity contribution in [1.29, 1.82) is 0 Å². The average molecular weight is 524 g/mol. The predicted octanol–water partition coefficient (Wildman–Crippen LogP) is 3.25. The molecule has 2 saturated heterocycles. The normalized spacial score (nSPS) is 33.8. The maximum Gasteiger partial charge on any atom is 0.247 e. The number of carbonyl (C=O) groups is 3. The van der Waals surface area contributed by atoms with E-state index in [0.29, 0.717) is 26.1 Å². The zero-order chi connectivity index (χ0) is 26.4. The van der Waals surface area contributed by atoms with Crippen molar-refractivity contribution < 1.29 is 19.5 Å². The fraction of sp³-hybridized carbons (Fsp3) is 0.552. The van der Waals surface area contributed by atoms with Crippen LogP contribution in [0, 0.1) is 11.8 Å². The Labute approximate surface area is 223 Å². The molecule has 4 heterocycles. The molecule has 5 rings (SSSR count). The van der Waals surface area contributed by atoms with Crippen molar-refractivity contribution in [2.24, 2.45) is 11.8 Å². The van der Waals surface area contributed by atoms with E-state index in [0.717, 1.165) is 18.5 Å². The number of hydrogen-bond donors (Lipinski definition) is 1. The molecule has 0 aliphatic carbocycles. The zero-order valence-electron chi connectivity index (χ0n) is 21.9. The number of unbranched alkanes of at least 4 members (excludes halogenated alkanes) is 1. The first kappa shape index (κ1) is 26.0. The van der Waals surface area contributed by atoms with Crippen LogP contribution >= 0.6 is 11.8 Å². The van der Waals surface area contributed by atoms with E-state index >= 15 is 0 Å². The summed E-state index contributed by atoms with van der Waals surface area (Å²) in [6, 6.07) is 8.33. The summed E-state index contributed by atoms with van der Waals surface area (Å²) in [4.78, 5) is 48.1. The zero-order valence-corrected chi connectivity index (χ0v) is 22.7. The monoisotopic (exact) mass is 523 g/mol. The minimum Gasteiger partial charge on any atom is -0.394 e. The molecule has 0 aromatic heterocycles. The van der Waals surface area contributed by atoms with Crippen molar-refractivity contribution in [2.45, 2.75) is 61.6 Å². The van der Waals surface area contributed by atoms with Crippen LogP contribution in [0.3, 0.4) is 0 Å². The summed E-state index contributed by atoms with van der Waals surface area (Å²) in [5.41, 5.74) is 0.797. The second-order valence-corrected chi connectivity index (χ2v) is 12.5. The summed E-state index contributed by atoms with van der Waals surface area (Å²) >= 11 is 1.59. The highest BCUT2D eigenvalue weighted by Crippen LogP contribution is 2.66. The Morgan fingerprint density at radius 1 is 1.00 bits per heavy atom. The van der Waals surface area contributed by atoms with Gasteiger partial charge in [-0.1, -0.05) is 62.8 Å². The number of amides is 3. The van der Waals surface area contributed by atoms with Crippen molar-refractivity contribution in [2.75, 3.05) is 31.1 Å². The maximum atomic E-state index is 14.4. The molecule has 1 aromatic carbocycles. The minimum absolute atomic E-state index is 0.0786. The molecule has 1 unspecified atom stereocenters. The number of hydrogen-bond acceptors (Lipinski definition) is 5. The summed E-state index contributed by atoms with van der Waals surface area (Å²) in [5.74, 6) is -1.69. The number of para-hydroxylation sites is 1. The van der Waals surface area contributed by atoms with Gasteiger partial charge in [-0.05, 0) is 31.9 Å². The van der Waals surface area contributed by atoms with Gasteiger partial charge in [-0.15, -0.1) is 11.8 Å². The molecule has 2 fully saturated rings. The van der Waals surface area contributed by atoms with E-state index in [1.54, 1.807) is 21.6 Å². The number of benzene rings is 1. The van der Waals surface area contributed by atoms with Crippen LogP contribution in [0.2, 0.25) is 0 Å². The third-order valence-electron chi connectivity index (χ3n) is 8.50. The van der Waals surface area contributed by atoms with Crippen molar-refractivity contribution in [1.82, 2.24) is 9.80 Å². The summed E-state index contributed by atoms with van der Waals surface area (Å²) in [5, 5.41) is 10.3. The highest BCUT2D eigenvalue weighted by Gasteiger charge is 2.74. The van der Waals surface area contributed by atoms with Gasteiger partial charge in [-0.2, -0.15) is 0 Å². The van der Waals surface area contributed by atoms with Crippen molar-refractivity contribution in [3.05, 3.63) is 54.6 Å². The maximum absolute atomic E-state index is 14.4. The van der Waals surface area contributed by atoms with E-state index in [2.05, 4.69) is 13.0 Å². The van der Waals surface area contributed by atoms with Crippen molar-refractivity contribution in [3.63, 3.8) is 0 Å². The molecule has 4 aliphatic rings. The molecule has 6 atom stereocenters. The highest BCUT2D eigenvalue weighted by molar-refractivity contribution is 8.02. The molecular formula is C29H37N3O4S. The third-order valence-corrected chi connectivity index (χ3v) is 10.3. The largest absolute Gasteiger partial charge is 0.394 e. The van der Waals surface area contributed by atoms with Gasteiger partial charge in [0, 0.05) is 30.1 Å². The lowest BCUT2D eigenvalue weighted by Crippen LogP contribution is -2.56. The first-order chi connectivity index (χ1) is 17.8. The van der Waals surface area contributed by atoms with E-state index < -0.39 is 33.4 Å². The van der Waals surface area contributed by atoms with Crippen LogP contribution < -0.4 is 4.90 Å². The molecule has 3 amide bonds. The third kappa shape index (κ3) is 3.95. The molecule has 0 bridgehead atoms. The highest BCUT2D eigenvalue weighted by atomic mass is 32.2. The Hall–Kier alpha value is -2.58. The quantitative estimate of drug-likeness (QED) is 0.555. The molecule has 1 spiro atoms. The van der Waals surface area contributed by atoms with Gasteiger partial charge in [0.2, 0.25) is 17.7 Å². The number of aliphatic hydroxyl groups excluding tert-OH is 1. The number of carbonyl (C=O) groups excluding carboxylic acids is 3. The molecule has 1 N–H and O–H groups in total. The topological polar surface area (TPSA) is 81.2 Å². The first-order valence-electron chi connectivity index (χ1n) is 13.5. The van der Waals surface area contributed by atoms with Crippen LogP contribution in [0.1, 0.15) is 40.0 Å². The molecule has 4 aliphatic heterocycles. The number of rotatable bonds is 7. The molecule has 1 aromatic rings. The Morgan fingerprint density at radius 3 is 2.41 bits per heavy atom. The molecule has 37 heavy (non-hydrogen) atoms. The summed E-state index contributed by atoms with van der Waals surface area (Å²) in [6.07, 6.45) is 10.5. The van der Waals surface area contributed by atoms with E-state index in [1.807, 2.05) is 67.3 Å². The van der Waals surface area contributed by atoms with Gasteiger partial charge >= 0.3 is 0 Å².